The highest BCUT2D eigenvalue weighted by Crippen LogP contribution is 2.25. The van der Waals surface area contributed by atoms with Gasteiger partial charge in [-0.2, -0.15) is 0 Å². The first-order chi connectivity index (χ1) is 11.7. The summed E-state index contributed by atoms with van der Waals surface area (Å²) in [7, 11) is 1.92. The number of piperazine rings is 1. The standard InChI is InChI=1S/C16H17N5O3/c1-20-6-5-18-15(20)12-10-17-4-7-21(12)16(22)11-9-14(24-19-11)13-3-2-8-23-13/h2-3,5-6,8-9,12,17H,4,7,10H2,1H3. The van der Waals surface area contributed by atoms with Crippen LogP contribution in [0.5, 0.6) is 0 Å². The molecular weight excluding hydrogens is 310 g/mol. The molecule has 1 aliphatic heterocycles. The van der Waals surface area contributed by atoms with E-state index in [2.05, 4.69) is 15.5 Å². The lowest BCUT2D eigenvalue weighted by Gasteiger charge is -2.35. The van der Waals surface area contributed by atoms with Crippen molar-refractivity contribution in [2.45, 2.75) is 6.04 Å². The van der Waals surface area contributed by atoms with Crippen LogP contribution in [0.15, 0.2) is 45.8 Å². The minimum absolute atomic E-state index is 0.144. The number of hydrogen-bond acceptors (Lipinski definition) is 6. The van der Waals surface area contributed by atoms with Gasteiger partial charge in [-0.15, -0.1) is 0 Å². The van der Waals surface area contributed by atoms with E-state index in [1.165, 1.54) is 0 Å². The van der Waals surface area contributed by atoms with E-state index >= 15 is 0 Å². The minimum Gasteiger partial charge on any atom is -0.461 e. The largest absolute Gasteiger partial charge is 0.461 e. The van der Waals surface area contributed by atoms with E-state index in [0.717, 1.165) is 12.4 Å². The molecule has 4 heterocycles. The SMILES string of the molecule is Cn1ccnc1C1CNCCN1C(=O)c1cc(-c2ccco2)on1. The van der Waals surface area contributed by atoms with E-state index < -0.39 is 0 Å². The van der Waals surface area contributed by atoms with Crippen molar-refractivity contribution in [2.75, 3.05) is 19.6 Å². The van der Waals surface area contributed by atoms with Crippen molar-refractivity contribution in [2.24, 2.45) is 7.05 Å². The van der Waals surface area contributed by atoms with Crippen molar-refractivity contribution < 1.29 is 13.7 Å². The van der Waals surface area contributed by atoms with Crippen molar-refractivity contribution in [1.82, 2.24) is 24.9 Å². The first-order valence-electron chi connectivity index (χ1n) is 7.73. The highest BCUT2D eigenvalue weighted by molar-refractivity contribution is 5.93. The second-order valence-electron chi connectivity index (χ2n) is 5.67. The van der Waals surface area contributed by atoms with Gasteiger partial charge in [0.05, 0.1) is 6.26 Å². The van der Waals surface area contributed by atoms with Crippen molar-refractivity contribution >= 4 is 5.91 Å². The van der Waals surface area contributed by atoms with Gasteiger partial charge in [-0.05, 0) is 12.1 Å². The number of amides is 1. The summed E-state index contributed by atoms with van der Waals surface area (Å²) in [4.78, 5) is 19.1. The Bertz CT molecular complexity index is 836. The maximum Gasteiger partial charge on any atom is 0.276 e. The number of carbonyl (C=O) groups excluding carboxylic acids is 1. The summed E-state index contributed by atoms with van der Waals surface area (Å²) >= 11 is 0. The van der Waals surface area contributed by atoms with Crippen LogP contribution >= 0.6 is 0 Å². The quantitative estimate of drug-likeness (QED) is 0.783. The zero-order chi connectivity index (χ0) is 16.5. The van der Waals surface area contributed by atoms with Gasteiger partial charge in [-0.3, -0.25) is 4.79 Å². The minimum atomic E-state index is -0.175. The highest BCUT2D eigenvalue weighted by atomic mass is 16.5. The number of hydrogen-bond donors (Lipinski definition) is 1. The second-order valence-corrected chi connectivity index (χ2v) is 5.67. The maximum absolute atomic E-state index is 12.9. The smallest absolute Gasteiger partial charge is 0.276 e. The molecular formula is C16H17N5O3. The molecule has 1 fully saturated rings. The molecule has 1 amide bonds. The van der Waals surface area contributed by atoms with E-state index in [9.17, 15) is 4.79 Å². The molecule has 24 heavy (non-hydrogen) atoms. The number of nitrogens with one attached hydrogen (secondary N) is 1. The number of aryl methyl sites for hydroxylation is 1. The van der Waals surface area contributed by atoms with Crippen LogP contribution in [0.4, 0.5) is 0 Å². The van der Waals surface area contributed by atoms with Gasteiger partial charge in [-0.1, -0.05) is 5.16 Å². The average molecular weight is 327 g/mol. The summed E-state index contributed by atoms with van der Waals surface area (Å²) < 4.78 is 12.4. The van der Waals surface area contributed by atoms with Crippen molar-refractivity contribution in [3.63, 3.8) is 0 Å². The summed E-state index contributed by atoms with van der Waals surface area (Å²) in [5.41, 5.74) is 0.266. The lowest BCUT2D eigenvalue weighted by molar-refractivity contribution is 0.0610. The Morgan fingerprint density at radius 2 is 2.33 bits per heavy atom. The molecule has 1 saturated heterocycles. The molecule has 0 saturated carbocycles. The summed E-state index contributed by atoms with van der Waals surface area (Å²) in [6.07, 6.45) is 5.15. The monoisotopic (exact) mass is 327 g/mol. The fourth-order valence-electron chi connectivity index (χ4n) is 2.93. The Morgan fingerprint density at radius 3 is 3.08 bits per heavy atom. The predicted octanol–water partition coefficient (Wildman–Crippen LogP) is 1.45. The van der Waals surface area contributed by atoms with E-state index in [4.69, 9.17) is 8.94 Å². The number of carbonyl (C=O) groups is 1. The topological polar surface area (TPSA) is 89.3 Å². The molecule has 8 nitrogen and oxygen atoms in total. The van der Waals surface area contributed by atoms with Crippen molar-refractivity contribution in [3.8, 4) is 11.5 Å². The van der Waals surface area contributed by atoms with Crippen LogP contribution in [0.25, 0.3) is 11.5 Å². The molecule has 1 unspecified atom stereocenters. The third-order valence-corrected chi connectivity index (χ3v) is 4.15. The summed E-state index contributed by atoms with van der Waals surface area (Å²) in [6, 6.07) is 4.98. The zero-order valence-electron chi connectivity index (χ0n) is 13.2. The Kier molecular flexibility index (Phi) is 3.66. The van der Waals surface area contributed by atoms with Crippen molar-refractivity contribution in [1.29, 1.82) is 0 Å². The van der Waals surface area contributed by atoms with Crippen LogP contribution < -0.4 is 5.32 Å². The Morgan fingerprint density at radius 1 is 1.42 bits per heavy atom. The normalized spacial score (nSPS) is 18.0. The molecule has 3 aromatic rings. The molecule has 0 aromatic carbocycles. The molecule has 1 atom stereocenters. The summed E-state index contributed by atoms with van der Waals surface area (Å²) in [5, 5.41) is 7.22. The lowest BCUT2D eigenvalue weighted by Crippen LogP contribution is -2.49. The lowest BCUT2D eigenvalue weighted by atomic mass is 10.1. The molecule has 0 spiro atoms. The van der Waals surface area contributed by atoms with Gasteiger partial charge in [0.1, 0.15) is 11.9 Å². The van der Waals surface area contributed by atoms with E-state index in [0.29, 0.717) is 24.6 Å². The molecule has 3 aromatic heterocycles. The molecule has 124 valence electrons. The maximum atomic E-state index is 12.9. The van der Waals surface area contributed by atoms with Crippen molar-refractivity contribution in [3.05, 3.63) is 48.4 Å². The fourth-order valence-corrected chi connectivity index (χ4v) is 2.93. The number of aromatic nitrogens is 3. The van der Waals surface area contributed by atoms with Gasteiger partial charge in [0.15, 0.2) is 11.5 Å². The van der Waals surface area contributed by atoms with Crippen LogP contribution in [-0.4, -0.2) is 45.1 Å². The fraction of sp³-hybridized carbons (Fsp3) is 0.312. The molecule has 0 aliphatic carbocycles. The highest BCUT2D eigenvalue weighted by Gasteiger charge is 2.32. The molecule has 0 bridgehead atoms. The Labute approximate surface area is 138 Å². The number of imidazole rings is 1. The summed E-state index contributed by atoms with van der Waals surface area (Å²) in [6.45, 7) is 1.97. The molecule has 4 rings (SSSR count). The van der Waals surface area contributed by atoms with Gasteiger partial charge < -0.3 is 23.7 Å². The third kappa shape index (κ3) is 2.50. The first-order valence-corrected chi connectivity index (χ1v) is 7.73. The molecule has 1 aliphatic rings. The van der Waals surface area contributed by atoms with Gasteiger partial charge in [-0.25, -0.2) is 4.98 Å². The van der Waals surface area contributed by atoms with Gasteiger partial charge >= 0.3 is 0 Å². The number of nitrogens with zero attached hydrogens (tertiary/aromatic N) is 4. The Balaban J connectivity index is 1.61. The Hall–Kier alpha value is -2.87. The van der Waals surface area contributed by atoms with Crippen LogP contribution in [0.1, 0.15) is 22.4 Å². The average Bonchev–Trinajstić information content (AvgIpc) is 3.35. The number of furan rings is 1. The molecule has 8 heteroatoms. The van der Waals surface area contributed by atoms with E-state index in [-0.39, 0.29) is 17.6 Å². The van der Waals surface area contributed by atoms with E-state index in [1.807, 2.05) is 17.8 Å². The van der Waals surface area contributed by atoms with Gasteiger partial charge in [0, 0.05) is 45.1 Å². The van der Waals surface area contributed by atoms with Crippen LogP contribution in [0.3, 0.4) is 0 Å². The third-order valence-electron chi connectivity index (χ3n) is 4.15. The van der Waals surface area contributed by atoms with Crippen LogP contribution in [0, 0.1) is 0 Å². The summed E-state index contributed by atoms with van der Waals surface area (Å²) in [5.74, 6) is 1.64. The number of rotatable bonds is 3. The van der Waals surface area contributed by atoms with Crippen LogP contribution in [0.2, 0.25) is 0 Å². The predicted molar refractivity (Wildman–Crippen MR) is 84.1 cm³/mol. The first kappa shape index (κ1) is 14.7. The van der Waals surface area contributed by atoms with Gasteiger partial charge in [0.2, 0.25) is 5.76 Å². The molecule has 0 radical (unpaired) electrons. The second kappa shape index (κ2) is 5.97. The van der Waals surface area contributed by atoms with Gasteiger partial charge in [0.25, 0.3) is 5.91 Å². The van der Waals surface area contributed by atoms with Crippen LogP contribution in [-0.2, 0) is 7.05 Å². The molecule has 1 N–H and O–H groups in total. The van der Waals surface area contributed by atoms with E-state index in [1.54, 1.807) is 35.6 Å². The zero-order valence-corrected chi connectivity index (χ0v) is 13.2.